The van der Waals surface area contributed by atoms with Gasteiger partial charge in [-0.1, -0.05) is 31.4 Å². The number of hydrogen-bond acceptors (Lipinski definition) is 7. The van der Waals surface area contributed by atoms with E-state index in [9.17, 15) is 4.39 Å². The fourth-order valence-electron chi connectivity index (χ4n) is 4.67. The molecule has 1 aliphatic carbocycles. The number of rotatable bonds is 8. The molecule has 0 amide bonds. The highest BCUT2D eigenvalue weighted by atomic mass is 19.1. The first kappa shape index (κ1) is 27.1. The minimum absolute atomic E-state index is 0.299. The molecule has 7 nitrogen and oxygen atoms in total. The number of pyridine rings is 1. The Morgan fingerprint density at radius 3 is 2.66 bits per heavy atom. The van der Waals surface area contributed by atoms with E-state index in [1.54, 1.807) is 49.1 Å². The summed E-state index contributed by atoms with van der Waals surface area (Å²) in [6, 6.07) is 10.4. The van der Waals surface area contributed by atoms with E-state index in [2.05, 4.69) is 31.2 Å². The first-order valence-electron chi connectivity index (χ1n) is 13.1. The van der Waals surface area contributed by atoms with Gasteiger partial charge in [-0.05, 0) is 61.7 Å². The van der Waals surface area contributed by atoms with Crippen LogP contribution in [-0.2, 0) is 0 Å². The molecular formula is C30H36FN7. The zero-order chi connectivity index (χ0) is 26.7. The molecule has 0 bridgehead atoms. The highest BCUT2D eigenvalue weighted by Crippen LogP contribution is 2.33. The molecule has 0 saturated heterocycles. The summed E-state index contributed by atoms with van der Waals surface area (Å²) in [6.07, 6.45) is 16.5. The van der Waals surface area contributed by atoms with Crippen LogP contribution in [0.3, 0.4) is 0 Å². The van der Waals surface area contributed by atoms with Crippen molar-refractivity contribution >= 4 is 17.6 Å². The molecule has 8 heteroatoms. The molecule has 0 radical (unpaired) electrons. The van der Waals surface area contributed by atoms with Crippen LogP contribution in [0.4, 0.5) is 10.2 Å². The molecule has 1 fully saturated rings. The Kier molecular flexibility index (Phi) is 9.70. The van der Waals surface area contributed by atoms with Gasteiger partial charge < -0.3 is 16.0 Å². The van der Waals surface area contributed by atoms with Crippen LogP contribution in [0.2, 0.25) is 0 Å². The van der Waals surface area contributed by atoms with Gasteiger partial charge in [-0.25, -0.2) is 14.4 Å². The summed E-state index contributed by atoms with van der Waals surface area (Å²) in [6.45, 7) is 1.58. The number of aromatic nitrogens is 4. The average molecular weight is 514 g/mol. The van der Waals surface area contributed by atoms with Crippen molar-refractivity contribution in [1.82, 2.24) is 25.3 Å². The summed E-state index contributed by atoms with van der Waals surface area (Å²) < 4.78 is 14.4. The third-order valence-corrected chi connectivity index (χ3v) is 6.84. The summed E-state index contributed by atoms with van der Waals surface area (Å²) in [5.74, 6) is 1.38. The molecule has 3 N–H and O–H groups in total. The molecule has 3 aromatic rings. The maximum Gasteiger partial charge on any atom is 0.162 e. The Bertz CT molecular complexity index is 1300. The molecule has 38 heavy (non-hydrogen) atoms. The van der Waals surface area contributed by atoms with Crippen LogP contribution in [0.15, 0.2) is 67.4 Å². The van der Waals surface area contributed by atoms with E-state index >= 15 is 0 Å². The average Bonchev–Trinajstić information content (AvgIpc) is 2.95. The van der Waals surface area contributed by atoms with E-state index in [1.165, 1.54) is 30.9 Å². The van der Waals surface area contributed by atoms with E-state index in [4.69, 9.17) is 10.7 Å². The lowest BCUT2D eigenvalue weighted by Crippen LogP contribution is -2.27. The first-order valence-corrected chi connectivity index (χ1v) is 13.1. The number of halogens is 1. The molecule has 198 valence electrons. The van der Waals surface area contributed by atoms with Crippen molar-refractivity contribution in [3.8, 4) is 11.4 Å². The summed E-state index contributed by atoms with van der Waals surface area (Å²) in [5, 5.41) is 3.21. The van der Waals surface area contributed by atoms with Crippen molar-refractivity contribution in [3.05, 3.63) is 89.9 Å². The predicted octanol–water partition coefficient (Wildman–Crippen LogP) is 5.36. The molecule has 0 atom stereocenters. The van der Waals surface area contributed by atoms with Crippen molar-refractivity contribution in [1.29, 1.82) is 0 Å². The van der Waals surface area contributed by atoms with Gasteiger partial charge in [-0.3, -0.25) is 9.97 Å². The summed E-state index contributed by atoms with van der Waals surface area (Å²) >= 11 is 0. The van der Waals surface area contributed by atoms with E-state index in [1.807, 2.05) is 26.4 Å². The van der Waals surface area contributed by atoms with Gasteiger partial charge in [-0.2, -0.15) is 0 Å². The van der Waals surface area contributed by atoms with Crippen LogP contribution >= 0.6 is 0 Å². The number of benzene rings is 1. The van der Waals surface area contributed by atoms with Crippen molar-refractivity contribution < 1.29 is 4.39 Å². The van der Waals surface area contributed by atoms with Gasteiger partial charge in [0.15, 0.2) is 5.82 Å². The maximum absolute atomic E-state index is 14.4. The van der Waals surface area contributed by atoms with Crippen molar-refractivity contribution in [3.63, 3.8) is 0 Å². The van der Waals surface area contributed by atoms with Gasteiger partial charge in [0, 0.05) is 73.5 Å². The van der Waals surface area contributed by atoms with Crippen LogP contribution in [0.5, 0.6) is 0 Å². The van der Waals surface area contributed by atoms with Gasteiger partial charge in [0.05, 0.1) is 0 Å². The second-order valence-electron chi connectivity index (χ2n) is 9.55. The fourth-order valence-corrected chi connectivity index (χ4v) is 4.67. The second kappa shape index (κ2) is 13.6. The molecule has 2 heterocycles. The quantitative estimate of drug-likeness (QED) is 0.419. The molecular weight excluding hydrogens is 477 g/mol. The van der Waals surface area contributed by atoms with E-state index in [-0.39, 0.29) is 5.82 Å². The van der Waals surface area contributed by atoms with Crippen molar-refractivity contribution in [2.45, 2.75) is 38.0 Å². The summed E-state index contributed by atoms with van der Waals surface area (Å²) in [4.78, 5) is 20.7. The number of hydrogen-bond donors (Lipinski definition) is 2. The van der Waals surface area contributed by atoms with Gasteiger partial charge >= 0.3 is 0 Å². The highest BCUT2D eigenvalue weighted by molar-refractivity contribution is 5.84. The van der Waals surface area contributed by atoms with E-state index in [0.717, 1.165) is 37.3 Å². The molecule has 4 rings (SSSR count). The Morgan fingerprint density at radius 2 is 1.87 bits per heavy atom. The largest absolute Gasteiger partial charge is 0.398 e. The van der Waals surface area contributed by atoms with E-state index < -0.39 is 0 Å². The van der Waals surface area contributed by atoms with E-state index in [0.29, 0.717) is 28.6 Å². The van der Waals surface area contributed by atoms with Gasteiger partial charge in [0.25, 0.3) is 0 Å². The number of likely N-dealkylation sites (N-methyl/N-ethyl adjacent to an activating group) is 2. The number of nitrogens with zero attached hydrogens (tertiary/aromatic N) is 5. The number of anilines is 1. The third kappa shape index (κ3) is 7.10. The van der Waals surface area contributed by atoms with Gasteiger partial charge in [-0.15, -0.1) is 0 Å². The van der Waals surface area contributed by atoms with Crippen LogP contribution < -0.4 is 16.0 Å². The van der Waals surface area contributed by atoms with Crippen LogP contribution in [0.1, 0.15) is 54.7 Å². The maximum atomic E-state index is 14.4. The van der Waals surface area contributed by atoms with Crippen molar-refractivity contribution in [2.75, 3.05) is 32.1 Å². The first-order chi connectivity index (χ1) is 18.6. The molecule has 0 spiro atoms. The molecule has 0 unspecified atom stereocenters. The topological polar surface area (TPSA) is 92.8 Å². The standard InChI is InChI=1S/C30H36FN7/c1-33-16-17-38(2)29-19-23(22-8-4-3-5-9-22)20-35-14-15-36-30(37-29)25-12-13-34-21-24(25)18-28(32)26-10-6-7-11-27(26)31/h6-7,10-15,18-22,33H,3-5,8-9,16-17,32H2,1-2H3/b15-14?,23-19?,23-20?,28-18-,29-19?,35-14?,35-20?,36-15?,36-30?,37-29?,37-30?. The predicted molar refractivity (Wildman–Crippen MR) is 152 cm³/mol. The zero-order valence-electron chi connectivity index (χ0n) is 22.1. The Balaban J connectivity index is 1.86. The SMILES string of the molecule is CNCCN(C)c1cc(C2CCCCC2)cnccnc(-c2ccncc2/C=C(\N)c2ccccc2F)n1. The molecule has 1 aromatic carbocycles. The summed E-state index contributed by atoms with van der Waals surface area (Å²) in [5.41, 5.74) is 9.57. The molecule has 1 saturated carbocycles. The molecule has 0 aliphatic heterocycles. The minimum atomic E-state index is -0.379. The smallest absolute Gasteiger partial charge is 0.162 e. The monoisotopic (exact) mass is 513 g/mol. The van der Waals surface area contributed by atoms with Crippen LogP contribution in [0.25, 0.3) is 23.2 Å². The molecule has 2 aromatic heterocycles. The van der Waals surface area contributed by atoms with Crippen molar-refractivity contribution in [2.24, 2.45) is 5.73 Å². The second-order valence-corrected chi connectivity index (χ2v) is 9.55. The van der Waals surface area contributed by atoms with Gasteiger partial charge in [0.2, 0.25) is 0 Å². The fraction of sp³-hybridized carbons (Fsp3) is 0.333. The lowest BCUT2D eigenvalue weighted by Gasteiger charge is -2.23. The Hall–Kier alpha value is -3.91. The number of nitrogens with two attached hydrogens (primary N) is 1. The highest BCUT2D eigenvalue weighted by Gasteiger charge is 2.17. The van der Waals surface area contributed by atoms with Gasteiger partial charge in [0.1, 0.15) is 11.6 Å². The third-order valence-electron chi connectivity index (χ3n) is 6.84. The Morgan fingerprint density at radius 1 is 1.08 bits per heavy atom. The van der Waals surface area contributed by atoms with Crippen LogP contribution in [-0.4, -0.2) is 47.1 Å². The molecule has 1 aliphatic rings. The summed E-state index contributed by atoms with van der Waals surface area (Å²) in [7, 11) is 3.97. The van der Waals surface area contributed by atoms with Crippen LogP contribution in [0, 0.1) is 5.82 Å². The lowest BCUT2D eigenvalue weighted by molar-refractivity contribution is 0.443. The minimum Gasteiger partial charge on any atom is -0.398 e. The normalized spacial score (nSPS) is 14.1. The lowest BCUT2D eigenvalue weighted by atomic mass is 9.85. The number of nitrogens with one attached hydrogen (secondary N) is 1. The Labute approximate surface area is 224 Å². The zero-order valence-corrected chi connectivity index (χ0v) is 22.1.